The van der Waals surface area contributed by atoms with Crippen LogP contribution in [-0.4, -0.2) is 40.1 Å². The summed E-state index contributed by atoms with van der Waals surface area (Å²) in [6.45, 7) is 3.14. The molecule has 2 unspecified atom stereocenters. The third-order valence-corrected chi connectivity index (χ3v) is 5.68. The fraction of sp³-hybridized carbons (Fsp3) is 0.923. The zero-order valence-corrected chi connectivity index (χ0v) is 11.4. The number of carbonyl (C=O) groups is 1. The average Bonchev–Trinajstić information content (AvgIpc) is 3.10. The first-order valence-electron chi connectivity index (χ1n) is 6.95. The van der Waals surface area contributed by atoms with Gasteiger partial charge in [-0.3, -0.25) is 10.1 Å². The van der Waals surface area contributed by atoms with Crippen LogP contribution in [0.15, 0.2) is 0 Å². The normalized spacial score (nSPS) is 35.6. The Hall–Kier alpha value is -0.220. The van der Waals surface area contributed by atoms with Gasteiger partial charge < -0.3 is 4.90 Å². The molecule has 1 aliphatic carbocycles. The summed E-state index contributed by atoms with van der Waals surface area (Å²) in [6, 6.07) is 0. The van der Waals surface area contributed by atoms with Crippen LogP contribution in [0.25, 0.3) is 0 Å². The molecule has 2 atom stereocenters. The van der Waals surface area contributed by atoms with Crippen molar-refractivity contribution in [2.45, 2.75) is 62.4 Å². The molecule has 4 heteroatoms. The molecule has 3 aliphatic rings. The van der Waals surface area contributed by atoms with E-state index < -0.39 is 0 Å². The largest absolute Gasteiger partial charge is 0.324 e. The third-order valence-electron chi connectivity index (χ3n) is 4.30. The van der Waals surface area contributed by atoms with Crippen molar-refractivity contribution in [1.29, 1.82) is 0 Å². The van der Waals surface area contributed by atoms with Gasteiger partial charge in [0, 0.05) is 11.8 Å². The number of thioether (sulfide) groups is 1. The molecule has 0 radical (unpaired) electrons. The van der Waals surface area contributed by atoms with Crippen molar-refractivity contribution in [3.05, 3.63) is 0 Å². The van der Waals surface area contributed by atoms with E-state index in [-0.39, 0.29) is 5.54 Å². The second kappa shape index (κ2) is 4.47. The van der Waals surface area contributed by atoms with Crippen molar-refractivity contribution in [3.63, 3.8) is 0 Å². The van der Waals surface area contributed by atoms with E-state index >= 15 is 0 Å². The quantitative estimate of drug-likeness (QED) is 0.836. The van der Waals surface area contributed by atoms with E-state index in [4.69, 9.17) is 0 Å². The molecule has 0 aromatic carbocycles. The van der Waals surface area contributed by atoms with Crippen LogP contribution in [0.2, 0.25) is 0 Å². The van der Waals surface area contributed by atoms with Crippen molar-refractivity contribution in [1.82, 2.24) is 10.2 Å². The second-order valence-corrected chi connectivity index (χ2v) is 7.00. The maximum atomic E-state index is 12.4. The van der Waals surface area contributed by atoms with Crippen molar-refractivity contribution < 1.29 is 4.79 Å². The van der Waals surface area contributed by atoms with Crippen LogP contribution in [0, 0.1) is 0 Å². The van der Waals surface area contributed by atoms with Gasteiger partial charge in [-0.05, 0) is 37.9 Å². The lowest BCUT2D eigenvalue weighted by Crippen LogP contribution is -2.41. The smallest absolute Gasteiger partial charge is 0.244 e. The molecular formula is C13H22N2OS. The minimum Gasteiger partial charge on any atom is -0.324 e. The molecule has 3 fully saturated rings. The van der Waals surface area contributed by atoms with Gasteiger partial charge in [-0.1, -0.05) is 13.3 Å². The fourth-order valence-electron chi connectivity index (χ4n) is 3.06. The first-order valence-corrected chi connectivity index (χ1v) is 8.00. The lowest BCUT2D eigenvalue weighted by Gasteiger charge is -2.29. The molecule has 0 bridgehead atoms. The zero-order chi connectivity index (χ0) is 11.9. The zero-order valence-electron chi connectivity index (χ0n) is 10.6. The summed E-state index contributed by atoms with van der Waals surface area (Å²) in [5, 5.41) is 4.23. The predicted molar refractivity (Wildman–Crippen MR) is 71.0 cm³/mol. The van der Waals surface area contributed by atoms with Gasteiger partial charge >= 0.3 is 0 Å². The van der Waals surface area contributed by atoms with Crippen LogP contribution in [-0.2, 0) is 4.79 Å². The number of hydrogen-bond acceptors (Lipinski definition) is 3. The van der Waals surface area contributed by atoms with Gasteiger partial charge in [-0.25, -0.2) is 0 Å². The molecule has 1 N–H and O–H groups in total. The number of hydrogen-bond donors (Lipinski definition) is 1. The molecule has 96 valence electrons. The molecule has 2 aliphatic heterocycles. The van der Waals surface area contributed by atoms with E-state index in [1.165, 1.54) is 25.0 Å². The number of nitrogens with zero attached hydrogens (tertiary/aromatic N) is 1. The minimum atomic E-state index is -0.125. The predicted octanol–water partition coefficient (Wildman–Crippen LogP) is 1.97. The molecule has 3 nitrogen and oxygen atoms in total. The Kier molecular flexibility index (Phi) is 3.11. The molecule has 3 rings (SSSR count). The highest BCUT2D eigenvalue weighted by molar-refractivity contribution is 7.99. The van der Waals surface area contributed by atoms with Crippen LogP contribution in [0.5, 0.6) is 0 Å². The van der Waals surface area contributed by atoms with Crippen LogP contribution in [0.1, 0.15) is 45.4 Å². The number of carbonyl (C=O) groups excluding carboxylic acids is 1. The molecule has 17 heavy (non-hydrogen) atoms. The standard InChI is InChI=1S/C13H22N2OS/c1-2-11-14-13(6-7-13)12(16)15(11)9-10-5-3-4-8-17-10/h10-11,14H,2-9H2,1H3. The van der Waals surface area contributed by atoms with Crippen molar-refractivity contribution in [3.8, 4) is 0 Å². The molecule has 0 aromatic heterocycles. The van der Waals surface area contributed by atoms with Crippen molar-refractivity contribution >= 4 is 17.7 Å². The highest BCUT2D eigenvalue weighted by Crippen LogP contribution is 2.43. The number of rotatable bonds is 3. The van der Waals surface area contributed by atoms with Crippen molar-refractivity contribution in [2.75, 3.05) is 12.3 Å². The van der Waals surface area contributed by atoms with E-state index in [0.29, 0.717) is 17.3 Å². The first kappa shape index (κ1) is 11.8. The maximum absolute atomic E-state index is 12.4. The average molecular weight is 254 g/mol. The molecular weight excluding hydrogens is 232 g/mol. The van der Waals surface area contributed by atoms with E-state index in [0.717, 1.165) is 25.8 Å². The Bertz CT molecular complexity index is 311. The summed E-state index contributed by atoms with van der Waals surface area (Å²) < 4.78 is 0. The molecule has 0 aromatic rings. The molecule has 2 saturated heterocycles. The summed E-state index contributed by atoms with van der Waals surface area (Å²) in [5.74, 6) is 1.66. The van der Waals surface area contributed by atoms with Gasteiger partial charge in [0.05, 0.1) is 11.7 Å². The van der Waals surface area contributed by atoms with Gasteiger partial charge in [0.15, 0.2) is 0 Å². The Labute approximate surface area is 108 Å². The summed E-state index contributed by atoms with van der Waals surface area (Å²) in [4.78, 5) is 14.5. The van der Waals surface area contributed by atoms with Crippen molar-refractivity contribution in [2.24, 2.45) is 0 Å². The summed E-state index contributed by atoms with van der Waals surface area (Å²) in [7, 11) is 0. The Balaban J connectivity index is 1.65. The monoisotopic (exact) mass is 254 g/mol. The fourth-order valence-corrected chi connectivity index (χ4v) is 4.37. The van der Waals surface area contributed by atoms with Gasteiger partial charge in [0.25, 0.3) is 0 Å². The Morgan fingerprint density at radius 2 is 2.29 bits per heavy atom. The lowest BCUT2D eigenvalue weighted by molar-refractivity contribution is -0.130. The van der Waals surface area contributed by atoms with E-state index in [1.54, 1.807) is 0 Å². The number of amides is 1. The number of nitrogens with one attached hydrogen (secondary N) is 1. The van der Waals surface area contributed by atoms with Gasteiger partial charge in [-0.15, -0.1) is 0 Å². The topological polar surface area (TPSA) is 32.3 Å². The summed E-state index contributed by atoms with van der Waals surface area (Å²) in [5.41, 5.74) is -0.125. The summed E-state index contributed by atoms with van der Waals surface area (Å²) >= 11 is 2.06. The second-order valence-electron chi connectivity index (χ2n) is 5.60. The maximum Gasteiger partial charge on any atom is 0.244 e. The van der Waals surface area contributed by atoms with E-state index in [2.05, 4.69) is 28.9 Å². The SMILES string of the molecule is CCC1NC2(CC2)C(=O)N1CC1CCCCS1. The highest BCUT2D eigenvalue weighted by Gasteiger charge is 2.58. The first-order chi connectivity index (χ1) is 8.25. The van der Waals surface area contributed by atoms with Gasteiger partial charge in [-0.2, -0.15) is 11.8 Å². The molecule has 1 amide bonds. The Morgan fingerprint density at radius 3 is 2.88 bits per heavy atom. The highest BCUT2D eigenvalue weighted by atomic mass is 32.2. The third kappa shape index (κ3) is 2.10. The molecule has 1 saturated carbocycles. The van der Waals surface area contributed by atoms with Crippen LogP contribution in [0.3, 0.4) is 0 Å². The molecule has 2 heterocycles. The van der Waals surface area contributed by atoms with E-state index in [1.807, 2.05) is 0 Å². The Morgan fingerprint density at radius 1 is 1.47 bits per heavy atom. The molecule has 1 spiro atoms. The lowest BCUT2D eigenvalue weighted by atomic mass is 10.1. The van der Waals surface area contributed by atoms with Crippen LogP contribution >= 0.6 is 11.8 Å². The van der Waals surface area contributed by atoms with E-state index in [9.17, 15) is 4.79 Å². The summed E-state index contributed by atoms with van der Waals surface area (Å²) in [6.07, 6.45) is 7.42. The van der Waals surface area contributed by atoms with Gasteiger partial charge in [0.2, 0.25) is 5.91 Å². The van der Waals surface area contributed by atoms with Gasteiger partial charge in [0.1, 0.15) is 0 Å². The minimum absolute atomic E-state index is 0.125. The van der Waals surface area contributed by atoms with Crippen LogP contribution in [0.4, 0.5) is 0 Å². The van der Waals surface area contributed by atoms with Crippen LogP contribution < -0.4 is 5.32 Å².